The molecular weight excluding hydrogens is 242 g/mol. The maximum absolute atomic E-state index is 11.9. The minimum atomic E-state index is -0.220. The first kappa shape index (κ1) is 12.0. The number of hydrogen-bond acceptors (Lipinski definition) is 2. The van der Waals surface area contributed by atoms with Gasteiger partial charge in [0.25, 0.3) is 0 Å². The van der Waals surface area contributed by atoms with Crippen LogP contribution in [0.15, 0.2) is 23.0 Å². The van der Waals surface area contributed by atoms with Crippen LogP contribution < -0.4 is 11.0 Å². The highest BCUT2D eigenvalue weighted by Crippen LogP contribution is 2.18. The Morgan fingerprint density at radius 2 is 1.95 bits per heavy atom. The molecule has 0 spiro atoms. The van der Waals surface area contributed by atoms with E-state index in [1.165, 1.54) is 12.8 Å². The van der Waals surface area contributed by atoms with E-state index in [1.54, 1.807) is 0 Å². The van der Waals surface area contributed by atoms with Crippen molar-refractivity contribution in [3.05, 3.63) is 34.2 Å². The predicted molar refractivity (Wildman–Crippen MR) is 73.0 cm³/mol. The number of nitrogens with one attached hydrogen (secondary N) is 3. The monoisotopic (exact) mass is 259 g/mol. The molecule has 1 saturated carbocycles. The number of aromatic amines is 2. The Hall–Kier alpha value is -2.04. The molecule has 1 aromatic heterocycles. The lowest BCUT2D eigenvalue weighted by atomic mass is 10.1. The number of benzene rings is 1. The van der Waals surface area contributed by atoms with Gasteiger partial charge in [-0.3, -0.25) is 4.79 Å². The van der Waals surface area contributed by atoms with Crippen LogP contribution in [0.4, 0.5) is 0 Å². The average molecular weight is 259 g/mol. The summed E-state index contributed by atoms with van der Waals surface area (Å²) in [5, 5.41) is 3.06. The second-order valence-electron chi connectivity index (χ2n) is 5.18. The molecule has 0 atom stereocenters. The molecule has 1 heterocycles. The summed E-state index contributed by atoms with van der Waals surface area (Å²) in [5.41, 5.74) is 2.21. The van der Waals surface area contributed by atoms with E-state index in [-0.39, 0.29) is 11.6 Å². The molecule has 3 N–H and O–H groups in total. The standard InChI is InChI=1S/C14H17N3O2/c18-13(15-10-3-1-2-4-10)8-9-5-6-11-12(7-9)17-14(19)16-11/h5-7,10H,1-4,8H2,(H,15,18)(H2,16,17,19). The lowest BCUT2D eigenvalue weighted by Gasteiger charge is -2.11. The number of aromatic nitrogens is 2. The summed E-state index contributed by atoms with van der Waals surface area (Å²) in [5.74, 6) is 0.0594. The van der Waals surface area contributed by atoms with E-state index in [0.29, 0.717) is 12.5 Å². The molecule has 1 amide bonds. The van der Waals surface area contributed by atoms with Crippen LogP contribution in [0, 0.1) is 0 Å². The van der Waals surface area contributed by atoms with E-state index in [0.717, 1.165) is 29.4 Å². The highest BCUT2D eigenvalue weighted by atomic mass is 16.1. The summed E-state index contributed by atoms with van der Waals surface area (Å²) < 4.78 is 0. The Kier molecular flexibility index (Phi) is 3.11. The van der Waals surface area contributed by atoms with Gasteiger partial charge >= 0.3 is 5.69 Å². The first-order valence-electron chi connectivity index (χ1n) is 6.71. The second-order valence-corrected chi connectivity index (χ2v) is 5.18. The zero-order chi connectivity index (χ0) is 13.2. The predicted octanol–water partition coefficient (Wildman–Crippen LogP) is 1.46. The molecule has 3 rings (SSSR count). The van der Waals surface area contributed by atoms with Crippen molar-refractivity contribution in [3.8, 4) is 0 Å². The molecule has 0 bridgehead atoms. The number of hydrogen-bond donors (Lipinski definition) is 3. The van der Waals surface area contributed by atoms with Crippen LogP contribution in [0.3, 0.4) is 0 Å². The number of amides is 1. The zero-order valence-corrected chi connectivity index (χ0v) is 10.7. The fourth-order valence-electron chi connectivity index (χ4n) is 2.72. The Balaban J connectivity index is 1.69. The van der Waals surface area contributed by atoms with E-state index >= 15 is 0 Å². The van der Waals surface area contributed by atoms with Gasteiger partial charge in [0, 0.05) is 6.04 Å². The molecule has 2 aromatic rings. The van der Waals surface area contributed by atoms with Gasteiger partial charge in [-0.2, -0.15) is 0 Å². The Labute approximate surface area is 110 Å². The maximum Gasteiger partial charge on any atom is 0.323 e. The van der Waals surface area contributed by atoms with Gasteiger partial charge in [-0.15, -0.1) is 0 Å². The average Bonchev–Trinajstić information content (AvgIpc) is 2.96. The lowest BCUT2D eigenvalue weighted by molar-refractivity contribution is -0.121. The second kappa shape index (κ2) is 4.91. The molecule has 5 nitrogen and oxygen atoms in total. The fraction of sp³-hybridized carbons (Fsp3) is 0.429. The highest BCUT2D eigenvalue weighted by Gasteiger charge is 2.17. The third-order valence-electron chi connectivity index (χ3n) is 3.67. The Morgan fingerprint density at radius 1 is 1.21 bits per heavy atom. The molecule has 100 valence electrons. The first-order chi connectivity index (χ1) is 9.20. The number of carbonyl (C=O) groups is 1. The van der Waals surface area contributed by atoms with Gasteiger partial charge in [-0.25, -0.2) is 4.79 Å². The number of imidazole rings is 1. The molecule has 19 heavy (non-hydrogen) atoms. The van der Waals surface area contributed by atoms with Crippen LogP contribution in [0.2, 0.25) is 0 Å². The third kappa shape index (κ3) is 2.70. The van der Waals surface area contributed by atoms with Gasteiger partial charge in [0.15, 0.2) is 0 Å². The van der Waals surface area contributed by atoms with Gasteiger partial charge in [-0.1, -0.05) is 18.9 Å². The maximum atomic E-state index is 11.9. The van der Waals surface area contributed by atoms with Crippen LogP contribution in [-0.4, -0.2) is 21.9 Å². The van der Waals surface area contributed by atoms with Gasteiger partial charge in [0.2, 0.25) is 5.91 Å². The molecule has 0 unspecified atom stereocenters. The Bertz CT molecular complexity index is 650. The topological polar surface area (TPSA) is 77.8 Å². The minimum Gasteiger partial charge on any atom is -0.353 e. The molecule has 1 aliphatic rings. The first-order valence-corrected chi connectivity index (χ1v) is 6.71. The van der Waals surface area contributed by atoms with Crippen molar-refractivity contribution in [3.63, 3.8) is 0 Å². The largest absolute Gasteiger partial charge is 0.353 e. The molecule has 1 fully saturated rings. The van der Waals surface area contributed by atoms with E-state index < -0.39 is 0 Å². The van der Waals surface area contributed by atoms with Crippen LogP contribution in [0.1, 0.15) is 31.2 Å². The normalized spacial score (nSPS) is 16.0. The fourth-order valence-corrected chi connectivity index (χ4v) is 2.72. The van der Waals surface area contributed by atoms with E-state index in [1.807, 2.05) is 18.2 Å². The zero-order valence-electron chi connectivity index (χ0n) is 10.7. The molecular formula is C14H17N3O2. The number of H-pyrrole nitrogens is 2. The molecule has 1 aliphatic carbocycles. The van der Waals surface area contributed by atoms with Crippen LogP contribution >= 0.6 is 0 Å². The van der Waals surface area contributed by atoms with E-state index in [9.17, 15) is 9.59 Å². The van der Waals surface area contributed by atoms with Gasteiger partial charge in [-0.05, 0) is 30.5 Å². The van der Waals surface area contributed by atoms with Crippen molar-refractivity contribution in [1.82, 2.24) is 15.3 Å². The van der Waals surface area contributed by atoms with E-state index in [2.05, 4.69) is 15.3 Å². The SMILES string of the molecule is O=C(Cc1ccc2[nH]c(=O)[nH]c2c1)NC1CCCC1. The molecule has 5 heteroatoms. The van der Waals surface area contributed by atoms with Crippen molar-refractivity contribution >= 4 is 16.9 Å². The summed E-state index contributed by atoms with van der Waals surface area (Å²) in [6, 6.07) is 5.90. The summed E-state index contributed by atoms with van der Waals surface area (Å²) >= 11 is 0. The van der Waals surface area contributed by atoms with Crippen molar-refractivity contribution in [2.45, 2.75) is 38.1 Å². The molecule has 1 aromatic carbocycles. The van der Waals surface area contributed by atoms with Crippen molar-refractivity contribution in [2.24, 2.45) is 0 Å². The lowest BCUT2D eigenvalue weighted by Crippen LogP contribution is -2.33. The van der Waals surface area contributed by atoms with Crippen LogP contribution in [-0.2, 0) is 11.2 Å². The van der Waals surface area contributed by atoms with Crippen LogP contribution in [0.5, 0.6) is 0 Å². The number of fused-ring (bicyclic) bond motifs is 1. The van der Waals surface area contributed by atoms with Crippen LogP contribution in [0.25, 0.3) is 11.0 Å². The van der Waals surface area contributed by atoms with Gasteiger partial charge in [0.05, 0.1) is 17.5 Å². The number of rotatable bonds is 3. The summed E-state index contributed by atoms with van der Waals surface area (Å²) in [6.07, 6.45) is 4.97. The quantitative estimate of drug-likeness (QED) is 0.780. The van der Waals surface area contributed by atoms with Gasteiger partial charge in [0.1, 0.15) is 0 Å². The smallest absolute Gasteiger partial charge is 0.323 e. The van der Waals surface area contributed by atoms with Crippen molar-refractivity contribution in [2.75, 3.05) is 0 Å². The third-order valence-corrected chi connectivity index (χ3v) is 3.67. The highest BCUT2D eigenvalue weighted by molar-refractivity contribution is 5.81. The van der Waals surface area contributed by atoms with Gasteiger partial charge < -0.3 is 15.3 Å². The molecule has 0 saturated heterocycles. The summed E-state index contributed by atoms with van der Waals surface area (Å²) in [6.45, 7) is 0. The van der Waals surface area contributed by atoms with Crippen molar-refractivity contribution < 1.29 is 4.79 Å². The Morgan fingerprint density at radius 3 is 2.74 bits per heavy atom. The number of carbonyl (C=O) groups excluding carboxylic acids is 1. The molecule has 0 aliphatic heterocycles. The summed E-state index contributed by atoms with van der Waals surface area (Å²) in [7, 11) is 0. The summed E-state index contributed by atoms with van der Waals surface area (Å²) in [4.78, 5) is 28.5. The minimum absolute atomic E-state index is 0.0594. The van der Waals surface area contributed by atoms with Crippen molar-refractivity contribution in [1.29, 1.82) is 0 Å². The van der Waals surface area contributed by atoms with E-state index in [4.69, 9.17) is 0 Å². The molecule has 0 radical (unpaired) electrons.